The molecule has 86 valence electrons. The number of rotatable bonds is 3. The molecule has 0 radical (unpaired) electrons. The summed E-state index contributed by atoms with van der Waals surface area (Å²) in [7, 11) is 0. The van der Waals surface area contributed by atoms with E-state index in [1.807, 2.05) is 0 Å². The molecule has 0 saturated carbocycles. The number of anilines is 1. The normalized spacial score (nSPS) is 9.88. The molecule has 0 aliphatic rings. The van der Waals surface area contributed by atoms with Gasteiger partial charge in [-0.2, -0.15) is 0 Å². The number of hydrogen-bond acceptors (Lipinski definition) is 6. The maximum atomic E-state index is 11.6. The third kappa shape index (κ3) is 2.61. The maximum absolute atomic E-state index is 11.6. The Labute approximate surface area is 99.2 Å². The Balaban J connectivity index is 2.12. The first kappa shape index (κ1) is 11.1. The topological polar surface area (TPSA) is 105 Å². The Hall–Kier alpha value is -2.35. The standard InChI is InChI=1S/C9H6N4O3S/c14-7(13-6-3-10-1-2-11-6)8-12-5(4-17-8)9(15)16/h1-4H,(H,15,16)(H,11,13,14). The minimum atomic E-state index is -1.17. The lowest BCUT2D eigenvalue weighted by Gasteiger charge is -1.99. The van der Waals surface area contributed by atoms with Crippen molar-refractivity contribution >= 4 is 29.0 Å². The highest BCUT2D eigenvalue weighted by atomic mass is 32.1. The van der Waals surface area contributed by atoms with Crippen molar-refractivity contribution in [3.63, 3.8) is 0 Å². The van der Waals surface area contributed by atoms with Crippen LogP contribution >= 0.6 is 11.3 Å². The van der Waals surface area contributed by atoms with Gasteiger partial charge >= 0.3 is 5.97 Å². The molecule has 0 aromatic carbocycles. The zero-order valence-corrected chi connectivity index (χ0v) is 9.14. The SMILES string of the molecule is O=C(O)c1csc(C(=O)Nc2cnccn2)n1. The van der Waals surface area contributed by atoms with Gasteiger partial charge in [0, 0.05) is 17.8 Å². The van der Waals surface area contributed by atoms with Crippen molar-refractivity contribution in [3.8, 4) is 0 Å². The third-order valence-corrected chi connectivity index (χ3v) is 2.56. The first-order valence-corrected chi connectivity index (χ1v) is 5.31. The number of nitrogens with one attached hydrogen (secondary N) is 1. The van der Waals surface area contributed by atoms with Crippen LogP contribution in [0.25, 0.3) is 0 Å². The van der Waals surface area contributed by atoms with Crippen LogP contribution in [0.4, 0.5) is 5.82 Å². The van der Waals surface area contributed by atoms with E-state index in [0.29, 0.717) is 0 Å². The summed E-state index contributed by atoms with van der Waals surface area (Å²) in [5.41, 5.74) is -0.153. The number of nitrogens with zero attached hydrogens (tertiary/aromatic N) is 3. The summed E-state index contributed by atoms with van der Waals surface area (Å²) >= 11 is 0.953. The zero-order valence-electron chi connectivity index (χ0n) is 8.32. The van der Waals surface area contributed by atoms with Gasteiger partial charge in [0.1, 0.15) is 0 Å². The predicted molar refractivity (Wildman–Crippen MR) is 59.1 cm³/mol. The van der Waals surface area contributed by atoms with E-state index in [0.717, 1.165) is 11.3 Å². The van der Waals surface area contributed by atoms with Crippen molar-refractivity contribution in [1.29, 1.82) is 0 Å². The number of hydrogen-bond donors (Lipinski definition) is 2. The van der Waals surface area contributed by atoms with Crippen molar-refractivity contribution in [2.75, 3.05) is 5.32 Å². The van der Waals surface area contributed by atoms with Crippen molar-refractivity contribution < 1.29 is 14.7 Å². The van der Waals surface area contributed by atoms with Crippen LogP contribution in [0.2, 0.25) is 0 Å². The van der Waals surface area contributed by atoms with Gasteiger partial charge in [-0.25, -0.2) is 14.8 Å². The molecule has 0 atom stereocenters. The molecule has 0 unspecified atom stereocenters. The molecule has 0 aliphatic carbocycles. The van der Waals surface area contributed by atoms with E-state index in [1.165, 1.54) is 24.0 Å². The smallest absolute Gasteiger partial charge is 0.355 e. The van der Waals surface area contributed by atoms with Gasteiger partial charge in [0.25, 0.3) is 5.91 Å². The number of carboxylic acids is 1. The zero-order chi connectivity index (χ0) is 12.3. The van der Waals surface area contributed by atoms with Gasteiger partial charge < -0.3 is 10.4 Å². The van der Waals surface area contributed by atoms with E-state index in [4.69, 9.17) is 5.11 Å². The van der Waals surface area contributed by atoms with Crippen molar-refractivity contribution in [1.82, 2.24) is 15.0 Å². The fourth-order valence-corrected chi connectivity index (χ4v) is 1.70. The van der Waals surface area contributed by atoms with E-state index in [2.05, 4.69) is 20.3 Å². The average Bonchev–Trinajstić information content (AvgIpc) is 2.79. The molecule has 2 N–H and O–H groups in total. The maximum Gasteiger partial charge on any atom is 0.355 e. The Morgan fingerprint density at radius 1 is 1.35 bits per heavy atom. The number of carbonyl (C=O) groups excluding carboxylic acids is 1. The van der Waals surface area contributed by atoms with E-state index in [-0.39, 0.29) is 16.5 Å². The molecule has 0 bridgehead atoms. The number of thiazole rings is 1. The molecular weight excluding hydrogens is 244 g/mol. The third-order valence-electron chi connectivity index (χ3n) is 1.72. The molecule has 0 spiro atoms. The average molecular weight is 250 g/mol. The first-order chi connectivity index (χ1) is 8.16. The lowest BCUT2D eigenvalue weighted by atomic mass is 10.5. The first-order valence-electron chi connectivity index (χ1n) is 4.43. The molecule has 0 fully saturated rings. The van der Waals surface area contributed by atoms with Gasteiger partial charge in [-0.05, 0) is 0 Å². The van der Waals surface area contributed by atoms with Crippen molar-refractivity contribution in [2.24, 2.45) is 0 Å². The molecule has 2 rings (SSSR count). The minimum absolute atomic E-state index is 0.0630. The fraction of sp³-hybridized carbons (Fsp3) is 0. The second-order valence-corrected chi connectivity index (χ2v) is 3.75. The van der Waals surface area contributed by atoms with Crippen LogP contribution in [0, 0.1) is 0 Å². The quantitative estimate of drug-likeness (QED) is 0.837. The number of carboxylic acid groups (broad SMARTS) is 1. The van der Waals surface area contributed by atoms with Crippen LogP contribution in [-0.4, -0.2) is 31.9 Å². The largest absolute Gasteiger partial charge is 0.476 e. The second-order valence-electron chi connectivity index (χ2n) is 2.89. The van der Waals surface area contributed by atoms with E-state index in [9.17, 15) is 9.59 Å². The Kier molecular flexibility index (Phi) is 3.06. The summed E-state index contributed by atoms with van der Waals surface area (Å²) in [6.45, 7) is 0. The molecule has 7 nitrogen and oxygen atoms in total. The van der Waals surface area contributed by atoms with Gasteiger partial charge in [0.2, 0.25) is 0 Å². The number of aromatic nitrogens is 3. The molecule has 8 heteroatoms. The van der Waals surface area contributed by atoms with E-state index >= 15 is 0 Å². The Morgan fingerprint density at radius 2 is 2.18 bits per heavy atom. The minimum Gasteiger partial charge on any atom is -0.476 e. The highest BCUT2D eigenvalue weighted by molar-refractivity contribution is 7.12. The highest BCUT2D eigenvalue weighted by Crippen LogP contribution is 2.11. The van der Waals surface area contributed by atoms with Gasteiger partial charge in [-0.1, -0.05) is 0 Å². The summed E-state index contributed by atoms with van der Waals surface area (Å²) in [6, 6.07) is 0. The summed E-state index contributed by atoms with van der Waals surface area (Å²) in [6.07, 6.45) is 4.28. The molecule has 0 aliphatic heterocycles. The van der Waals surface area contributed by atoms with Gasteiger partial charge in [0.05, 0.1) is 6.20 Å². The van der Waals surface area contributed by atoms with Crippen LogP contribution in [0.5, 0.6) is 0 Å². The monoisotopic (exact) mass is 250 g/mol. The second kappa shape index (κ2) is 4.66. The molecule has 2 aromatic heterocycles. The van der Waals surface area contributed by atoms with Crippen molar-refractivity contribution in [3.05, 3.63) is 34.7 Å². The van der Waals surface area contributed by atoms with Gasteiger partial charge in [-0.15, -0.1) is 11.3 Å². The van der Waals surface area contributed by atoms with Crippen LogP contribution in [0.15, 0.2) is 24.0 Å². The van der Waals surface area contributed by atoms with Gasteiger partial charge in [-0.3, -0.25) is 9.78 Å². The molecule has 1 amide bonds. The number of carbonyl (C=O) groups is 2. The van der Waals surface area contributed by atoms with Crippen LogP contribution in [0.1, 0.15) is 20.3 Å². The summed E-state index contributed by atoms with van der Waals surface area (Å²) in [4.78, 5) is 33.5. The number of amides is 1. The van der Waals surface area contributed by atoms with Crippen molar-refractivity contribution in [2.45, 2.75) is 0 Å². The molecule has 17 heavy (non-hydrogen) atoms. The van der Waals surface area contributed by atoms with Crippen LogP contribution in [-0.2, 0) is 0 Å². The fourth-order valence-electron chi connectivity index (χ4n) is 1.01. The molecule has 2 aromatic rings. The number of aromatic carboxylic acids is 1. The van der Waals surface area contributed by atoms with Crippen LogP contribution < -0.4 is 5.32 Å². The Morgan fingerprint density at radius 3 is 2.76 bits per heavy atom. The summed E-state index contributed by atoms with van der Waals surface area (Å²) in [5.74, 6) is -1.40. The lowest BCUT2D eigenvalue weighted by molar-refractivity contribution is 0.0691. The predicted octanol–water partition coefficient (Wildman–Crippen LogP) is 0.884. The lowest BCUT2D eigenvalue weighted by Crippen LogP contribution is -2.13. The van der Waals surface area contributed by atoms with Crippen LogP contribution in [0.3, 0.4) is 0 Å². The van der Waals surface area contributed by atoms with E-state index < -0.39 is 11.9 Å². The molecule has 2 heterocycles. The van der Waals surface area contributed by atoms with E-state index in [1.54, 1.807) is 0 Å². The summed E-state index contributed by atoms with van der Waals surface area (Å²) < 4.78 is 0. The molecule has 0 saturated heterocycles. The van der Waals surface area contributed by atoms with Gasteiger partial charge in [0.15, 0.2) is 16.5 Å². The molecular formula is C9H6N4O3S. The summed E-state index contributed by atoms with van der Waals surface area (Å²) in [5, 5.41) is 12.5. The highest BCUT2D eigenvalue weighted by Gasteiger charge is 2.14. The Bertz CT molecular complexity index is 554.